The average molecular weight is 302 g/mol. The van der Waals surface area contributed by atoms with E-state index in [-0.39, 0.29) is 5.82 Å². The van der Waals surface area contributed by atoms with E-state index in [1.807, 2.05) is 0 Å². The molecule has 0 aromatic carbocycles. The summed E-state index contributed by atoms with van der Waals surface area (Å²) in [6.45, 7) is 0.482. The van der Waals surface area contributed by atoms with Gasteiger partial charge in [0.15, 0.2) is 0 Å². The molecule has 0 radical (unpaired) electrons. The Hall–Kier alpha value is -2.04. The van der Waals surface area contributed by atoms with Crippen LogP contribution in [0.5, 0.6) is 0 Å². The van der Waals surface area contributed by atoms with Crippen LogP contribution in [0.4, 0.5) is 5.82 Å². The molecule has 0 aliphatic heterocycles. The summed E-state index contributed by atoms with van der Waals surface area (Å²) in [5.74, 6) is 0.205. The summed E-state index contributed by atoms with van der Waals surface area (Å²) in [6, 6.07) is 1.17. The monoisotopic (exact) mass is 302 g/mol. The van der Waals surface area contributed by atoms with Crippen LogP contribution in [0.15, 0.2) is 20.8 Å². The first-order chi connectivity index (χ1) is 9.94. The summed E-state index contributed by atoms with van der Waals surface area (Å²) < 4.78 is 6.47. The Morgan fingerprint density at radius 1 is 1.52 bits per heavy atom. The zero-order chi connectivity index (χ0) is 16.0. The second-order valence-electron chi connectivity index (χ2n) is 4.28. The number of hydrogen-bond donors (Lipinski definition) is 4. The lowest BCUT2D eigenvalue weighted by molar-refractivity contribution is -0.114. The quantitative estimate of drug-likeness (QED) is 0.432. The molecule has 10 nitrogen and oxygen atoms in total. The molecule has 1 rings (SSSR count). The summed E-state index contributed by atoms with van der Waals surface area (Å²) >= 11 is 0. The van der Waals surface area contributed by atoms with Gasteiger partial charge in [-0.15, -0.1) is 0 Å². The Morgan fingerprint density at radius 3 is 2.71 bits per heavy atom. The second-order valence-corrected chi connectivity index (χ2v) is 4.28. The van der Waals surface area contributed by atoms with Gasteiger partial charge in [0.05, 0.1) is 6.61 Å². The third-order valence-electron chi connectivity index (χ3n) is 2.84. The summed E-state index contributed by atoms with van der Waals surface area (Å²) in [5.41, 5.74) is -1.28. The highest BCUT2D eigenvalue weighted by atomic mass is 16.5. The van der Waals surface area contributed by atoms with Crippen molar-refractivity contribution < 1.29 is 14.9 Å². The Labute approximate surface area is 119 Å². The van der Waals surface area contributed by atoms with E-state index in [2.05, 4.69) is 15.5 Å². The van der Waals surface area contributed by atoms with E-state index in [0.29, 0.717) is 0 Å². The topological polar surface area (TPSA) is 146 Å². The van der Waals surface area contributed by atoms with Crippen molar-refractivity contribution >= 4 is 5.82 Å². The molecule has 0 bridgehead atoms. The molecule has 4 N–H and O–H groups in total. The number of ether oxygens (including phenoxy) is 1. The minimum atomic E-state index is -1.30. The number of hydrogen-bond acceptors (Lipinski definition) is 8. The van der Waals surface area contributed by atoms with Gasteiger partial charge in [-0.2, -0.15) is 4.91 Å². The number of nitrogens with one attached hydrogen (secondary N) is 2. The Kier molecular flexibility index (Phi) is 6.21. The number of rotatable bonds is 8. The predicted molar refractivity (Wildman–Crippen MR) is 74.2 cm³/mol. The van der Waals surface area contributed by atoms with Crippen LogP contribution in [-0.2, 0) is 4.74 Å². The molecule has 1 aromatic heterocycles. The number of H-pyrrole nitrogens is 1. The fraction of sp³-hybridized carbons (Fsp3) is 0.636. The molecule has 21 heavy (non-hydrogen) atoms. The largest absolute Gasteiger partial charge is 0.394 e. The first-order valence-corrected chi connectivity index (χ1v) is 6.21. The first kappa shape index (κ1) is 17.0. The molecule has 118 valence electrons. The normalized spacial score (nSPS) is 15.2. The molecule has 1 heterocycles. The second kappa shape index (κ2) is 7.67. The summed E-state index contributed by atoms with van der Waals surface area (Å²) in [7, 11) is 1.52. The van der Waals surface area contributed by atoms with Crippen LogP contribution in [0.3, 0.4) is 0 Å². The van der Waals surface area contributed by atoms with Crippen molar-refractivity contribution in [2.24, 2.45) is 5.18 Å². The standard InChI is InChI=1S/C11H18N4O6/c1-6(21-8(5-16)7(17)4-13-20)15-9(12-2)3-10(18)14-11(15)19/h3,6-8,12,16-17H,4-5H2,1-2H3,(H,14,18,19)/t6?,7?,8-/m1/s1. The maximum atomic E-state index is 11.8. The number of aliphatic hydroxyl groups excluding tert-OH is 2. The molecule has 10 heteroatoms. The van der Waals surface area contributed by atoms with E-state index >= 15 is 0 Å². The van der Waals surface area contributed by atoms with Crippen molar-refractivity contribution in [3.8, 4) is 0 Å². The van der Waals surface area contributed by atoms with Gasteiger partial charge in [0, 0.05) is 13.1 Å². The first-order valence-electron chi connectivity index (χ1n) is 6.21. The van der Waals surface area contributed by atoms with E-state index in [4.69, 9.17) is 9.84 Å². The molecule has 1 aromatic rings. The Morgan fingerprint density at radius 2 is 2.19 bits per heavy atom. The smallest absolute Gasteiger partial charge is 0.332 e. The highest BCUT2D eigenvalue weighted by Crippen LogP contribution is 2.15. The van der Waals surface area contributed by atoms with Crippen LogP contribution in [-0.4, -0.2) is 52.2 Å². The maximum Gasteiger partial charge on any atom is 0.332 e. The minimum absolute atomic E-state index is 0.205. The molecular weight excluding hydrogens is 284 g/mol. The van der Waals surface area contributed by atoms with E-state index in [1.54, 1.807) is 0 Å². The lowest BCUT2D eigenvalue weighted by Gasteiger charge is -2.26. The van der Waals surface area contributed by atoms with Crippen LogP contribution < -0.4 is 16.6 Å². The van der Waals surface area contributed by atoms with E-state index in [0.717, 1.165) is 4.57 Å². The van der Waals surface area contributed by atoms with Gasteiger partial charge in [0.25, 0.3) is 5.56 Å². The number of aromatic amines is 1. The van der Waals surface area contributed by atoms with Crippen LogP contribution in [0.2, 0.25) is 0 Å². The van der Waals surface area contributed by atoms with E-state index < -0.39 is 42.8 Å². The molecule has 0 saturated carbocycles. The zero-order valence-corrected chi connectivity index (χ0v) is 11.6. The molecule has 0 spiro atoms. The summed E-state index contributed by atoms with van der Waals surface area (Å²) in [5, 5.41) is 24.0. The molecule has 0 aliphatic rings. The average Bonchev–Trinajstić information content (AvgIpc) is 2.43. The fourth-order valence-electron chi connectivity index (χ4n) is 1.82. The van der Waals surface area contributed by atoms with Crippen molar-refractivity contribution in [1.82, 2.24) is 9.55 Å². The number of nitrogens with zero attached hydrogens (tertiary/aromatic N) is 2. The summed E-state index contributed by atoms with van der Waals surface area (Å²) in [6.07, 6.45) is -3.30. The molecule has 3 atom stereocenters. The molecule has 0 saturated heterocycles. The predicted octanol–water partition coefficient (Wildman–Crippen LogP) is -1.40. The fourth-order valence-corrected chi connectivity index (χ4v) is 1.82. The van der Waals surface area contributed by atoms with Crippen LogP contribution in [0, 0.1) is 4.91 Å². The summed E-state index contributed by atoms with van der Waals surface area (Å²) in [4.78, 5) is 35.3. The number of anilines is 1. The van der Waals surface area contributed by atoms with Gasteiger partial charge in [0.2, 0.25) is 0 Å². The third-order valence-corrected chi connectivity index (χ3v) is 2.84. The minimum Gasteiger partial charge on any atom is -0.394 e. The highest BCUT2D eigenvalue weighted by molar-refractivity contribution is 5.32. The Balaban J connectivity index is 3.03. The number of nitroso groups, excluding NO2 is 1. The molecular formula is C11H18N4O6. The zero-order valence-electron chi connectivity index (χ0n) is 11.6. The van der Waals surface area contributed by atoms with Gasteiger partial charge in [-0.1, -0.05) is 5.18 Å². The maximum absolute atomic E-state index is 11.8. The molecule has 0 fully saturated rings. The van der Waals surface area contributed by atoms with Crippen molar-refractivity contribution in [3.05, 3.63) is 31.8 Å². The van der Waals surface area contributed by atoms with Gasteiger partial charge in [0.1, 0.15) is 30.8 Å². The van der Waals surface area contributed by atoms with Crippen molar-refractivity contribution in [2.45, 2.75) is 25.4 Å². The van der Waals surface area contributed by atoms with Crippen LogP contribution in [0.1, 0.15) is 13.2 Å². The van der Waals surface area contributed by atoms with Gasteiger partial charge in [-0.3, -0.25) is 14.3 Å². The number of aromatic nitrogens is 2. The van der Waals surface area contributed by atoms with Crippen molar-refractivity contribution in [1.29, 1.82) is 0 Å². The van der Waals surface area contributed by atoms with Gasteiger partial charge in [-0.05, 0) is 6.92 Å². The third kappa shape index (κ3) is 4.21. The molecule has 0 amide bonds. The molecule has 0 aliphatic carbocycles. The number of aliphatic hydroxyl groups is 2. The lowest BCUT2D eigenvalue weighted by Crippen LogP contribution is -2.40. The van der Waals surface area contributed by atoms with E-state index in [9.17, 15) is 19.6 Å². The van der Waals surface area contributed by atoms with Gasteiger partial charge >= 0.3 is 5.69 Å². The lowest BCUT2D eigenvalue weighted by atomic mass is 10.2. The Bertz CT molecular complexity index is 583. The SMILES string of the molecule is CNc1cc(=O)[nH]c(=O)n1C(C)O[C@H](CO)C(O)CN=O. The van der Waals surface area contributed by atoms with Crippen molar-refractivity contribution in [2.75, 3.05) is 25.5 Å². The van der Waals surface area contributed by atoms with Crippen molar-refractivity contribution in [3.63, 3.8) is 0 Å². The van der Waals surface area contributed by atoms with Crippen LogP contribution in [0.25, 0.3) is 0 Å². The van der Waals surface area contributed by atoms with Gasteiger partial charge in [-0.25, -0.2) is 4.79 Å². The highest BCUT2D eigenvalue weighted by Gasteiger charge is 2.24. The van der Waals surface area contributed by atoms with E-state index in [1.165, 1.54) is 20.0 Å². The van der Waals surface area contributed by atoms with Crippen LogP contribution >= 0.6 is 0 Å². The van der Waals surface area contributed by atoms with Gasteiger partial charge < -0.3 is 20.3 Å². The molecule has 2 unspecified atom stereocenters.